The summed E-state index contributed by atoms with van der Waals surface area (Å²) in [7, 11) is 0. The highest BCUT2D eigenvalue weighted by atomic mass is 35.5. The van der Waals surface area contributed by atoms with Crippen LogP contribution >= 0.6 is 23.2 Å². The molecule has 118 valence electrons. The lowest BCUT2D eigenvalue weighted by Crippen LogP contribution is -2.36. The van der Waals surface area contributed by atoms with Crippen LogP contribution in [0.15, 0.2) is 18.2 Å². The van der Waals surface area contributed by atoms with E-state index in [-0.39, 0.29) is 0 Å². The van der Waals surface area contributed by atoms with Gasteiger partial charge >= 0.3 is 0 Å². The van der Waals surface area contributed by atoms with Gasteiger partial charge in [-0.3, -0.25) is 0 Å². The lowest BCUT2D eigenvalue weighted by atomic mass is 9.90. The van der Waals surface area contributed by atoms with Crippen molar-refractivity contribution in [3.05, 3.63) is 33.8 Å². The van der Waals surface area contributed by atoms with Crippen molar-refractivity contribution < 1.29 is 0 Å². The average molecular weight is 329 g/mol. The maximum Gasteiger partial charge on any atom is 0.0595 e. The summed E-state index contributed by atoms with van der Waals surface area (Å²) in [6.07, 6.45) is 4.88. The summed E-state index contributed by atoms with van der Waals surface area (Å²) in [5, 5.41) is 1.31. The molecule has 0 bridgehead atoms. The summed E-state index contributed by atoms with van der Waals surface area (Å²) in [6, 6.07) is 6.02. The fourth-order valence-electron chi connectivity index (χ4n) is 2.93. The van der Waals surface area contributed by atoms with Crippen molar-refractivity contribution in [3.8, 4) is 0 Å². The van der Waals surface area contributed by atoms with Crippen LogP contribution in [0.1, 0.15) is 31.7 Å². The Bertz CT molecular complexity index is 442. The van der Waals surface area contributed by atoms with E-state index in [9.17, 15) is 0 Å². The molecule has 1 atom stereocenters. The highest BCUT2D eigenvalue weighted by Gasteiger charge is 2.19. The van der Waals surface area contributed by atoms with Crippen molar-refractivity contribution in [1.82, 2.24) is 4.90 Å². The molecule has 1 heterocycles. The minimum Gasteiger partial charge on any atom is -0.330 e. The number of rotatable bonds is 6. The number of piperidine rings is 1. The maximum atomic E-state index is 6.09. The van der Waals surface area contributed by atoms with Gasteiger partial charge in [0.05, 0.1) is 10.0 Å². The predicted molar refractivity (Wildman–Crippen MR) is 92.2 cm³/mol. The molecule has 1 aromatic rings. The molecule has 1 aliphatic heterocycles. The van der Waals surface area contributed by atoms with Gasteiger partial charge in [-0.05, 0) is 81.4 Å². The second kappa shape index (κ2) is 8.38. The van der Waals surface area contributed by atoms with Gasteiger partial charge in [0.2, 0.25) is 0 Å². The van der Waals surface area contributed by atoms with E-state index in [0.717, 1.165) is 18.9 Å². The number of halogens is 2. The van der Waals surface area contributed by atoms with Crippen LogP contribution in [-0.2, 0) is 6.42 Å². The van der Waals surface area contributed by atoms with Gasteiger partial charge < -0.3 is 10.6 Å². The van der Waals surface area contributed by atoms with Crippen LogP contribution in [0.5, 0.6) is 0 Å². The minimum atomic E-state index is 0.638. The van der Waals surface area contributed by atoms with E-state index in [0.29, 0.717) is 16.0 Å². The SMILES string of the molecule is C[C@@H](CN)CCN1CCC(Cc2ccc(Cl)c(Cl)c2)CC1. The van der Waals surface area contributed by atoms with Gasteiger partial charge in [-0.25, -0.2) is 0 Å². The number of hydrogen-bond donors (Lipinski definition) is 1. The van der Waals surface area contributed by atoms with Crippen molar-refractivity contribution in [2.24, 2.45) is 17.6 Å². The fourth-order valence-corrected chi connectivity index (χ4v) is 3.26. The Labute approximate surface area is 138 Å². The topological polar surface area (TPSA) is 29.3 Å². The first-order valence-electron chi connectivity index (χ1n) is 7.95. The third kappa shape index (κ3) is 5.45. The molecule has 1 fully saturated rings. The third-order valence-electron chi connectivity index (χ3n) is 4.56. The number of nitrogens with two attached hydrogens (primary N) is 1. The number of hydrogen-bond acceptors (Lipinski definition) is 2. The molecule has 1 saturated heterocycles. The van der Waals surface area contributed by atoms with Crippen molar-refractivity contribution in [1.29, 1.82) is 0 Å². The Morgan fingerprint density at radius 1 is 1.24 bits per heavy atom. The van der Waals surface area contributed by atoms with Gasteiger partial charge in [-0.15, -0.1) is 0 Å². The van der Waals surface area contributed by atoms with Crippen LogP contribution in [0, 0.1) is 11.8 Å². The zero-order chi connectivity index (χ0) is 15.2. The Morgan fingerprint density at radius 2 is 1.95 bits per heavy atom. The normalized spacial score (nSPS) is 18.9. The summed E-state index contributed by atoms with van der Waals surface area (Å²) in [5.41, 5.74) is 6.98. The number of nitrogens with zero attached hydrogens (tertiary/aromatic N) is 1. The number of benzene rings is 1. The molecular formula is C17H26Cl2N2. The average Bonchev–Trinajstić information content (AvgIpc) is 2.50. The van der Waals surface area contributed by atoms with Crippen LogP contribution in [0.25, 0.3) is 0 Å². The molecule has 21 heavy (non-hydrogen) atoms. The molecule has 0 radical (unpaired) electrons. The quantitative estimate of drug-likeness (QED) is 0.846. The number of likely N-dealkylation sites (tertiary alicyclic amines) is 1. The van der Waals surface area contributed by atoms with Crippen LogP contribution in [0.2, 0.25) is 10.0 Å². The Balaban J connectivity index is 1.75. The van der Waals surface area contributed by atoms with Gasteiger partial charge in [0, 0.05) is 0 Å². The molecule has 1 aliphatic rings. The van der Waals surface area contributed by atoms with Crippen LogP contribution in [0.4, 0.5) is 0 Å². The standard InChI is InChI=1S/C17H26Cl2N2/c1-13(12-20)4-7-21-8-5-14(6-9-21)10-15-2-3-16(18)17(19)11-15/h2-3,11,13-14H,4-10,12,20H2,1H3/t13-/m1/s1. The zero-order valence-electron chi connectivity index (χ0n) is 12.8. The van der Waals surface area contributed by atoms with Crippen molar-refractivity contribution >= 4 is 23.2 Å². The molecule has 0 amide bonds. The summed E-state index contributed by atoms with van der Waals surface area (Å²) in [5.74, 6) is 1.41. The van der Waals surface area contributed by atoms with Gasteiger partial charge in [0.15, 0.2) is 0 Å². The van der Waals surface area contributed by atoms with E-state index in [1.54, 1.807) is 0 Å². The van der Waals surface area contributed by atoms with Gasteiger partial charge in [0.1, 0.15) is 0 Å². The fraction of sp³-hybridized carbons (Fsp3) is 0.647. The molecule has 0 saturated carbocycles. The van der Waals surface area contributed by atoms with E-state index in [2.05, 4.69) is 17.9 Å². The molecule has 2 N–H and O–H groups in total. The summed E-state index contributed by atoms with van der Waals surface area (Å²) < 4.78 is 0. The van der Waals surface area contributed by atoms with Crippen molar-refractivity contribution in [2.75, 3.05) is 26.2 Å². The first kappa shape index (κ1) is 17.1. The summed E-state index contributed by atoms with van der Waals surface area (Å²) in [6.45, 7) is 6.65. The van der Waals surface area contributed by atoms with Crippen LogP contribution in [0.3, 0.4) is 0 Å². The Hall–Kier alpha value is -0.280. The van der Waals surface area contributed by atoms with E-state index in [1.807, 2.05) is 12.1 Å². The minimum absolute atomic E-state index is 0.638. The largest absolute Gasteiger partial charge is 0.330 e. The molecular weight excluding hydrogens is 303 g/mol. The Kier molecular flexibility index (Phi) is 6.81. The monoisotopic (exact) mass is 328 g/mol. The van der Waals surface area contributed by atoms with Crippen molar-refractivity contribution in [2.45, 2.75) is 32.6 Å². The van der Waals surface area contributed by atoms with Crippen molar-refractivity contribution in [3.63, 3.8) is 0 Å². The molecule has 1 aromatic carbocycles. The van der Waals surface area contributed by atoms with Gasteiger partial charge in [0.25, 0.3) is 0 Å². The zero-order valence-corrected chi connectivity index (χ0v) is 14.3. The van der Waals surface area contributed by atoms with E-state index < -0.39 is 0 Å². The third-order valence-corrected chi connectivity index (χ3v) is 5.30. The Morgan fingerprint density at radius 3 is 2.57 bits per heavy atom. The van der Waals surface area contributed by atoms with E-state index in [1.165, 1.54) is 44.5 Å². The molecule has 0 spiro atoms. The first-order valence-corrected chi connectivity index (χ1v) is 8.70. The van der Waals surface area contributed by atoms with Crippen LogP contribution in [-0.4, -0.2) is 31.1 Å². The highest BCUT2D eigenvalue weighted by Crippen LogP contribution is 2.27. The second-order valence-electron chi connectivity index (χ2n) is 6.37. The first-order chi connectivity index (χ1) is 10.1. The van der Waals surface area contributed by atoms with E-state index in [4.69, 9.17) is 28.9 Å². The molecule has 0 aromatic heterocycles. The van der Waals surface area contributed by atoms with Gasteiger partial charge in [-0.1, -0.05) is 36.2 Å². The molecule has 2 nitrogen and oxygen atoms in total. The summed E-state index contributed by atoms with van der Waals surface area (Å²) >= 11 is 12.1. The lowest BCUT2D eigenvalue weighted by molar-refractivity contribution is 0.175. The summed E-state index contributed by atoms with van der Waals surface area (Å²) in [4.78, 5) is 2.58. The highest BCUT2D eigenvalue weighted by molar-refractivity contribution is 6.42. The molecule has 0 unspecified atom stereocenters. The molecule has 2 rings (SSSR count). The smallest absolute Gasteiger partial charge is 0.0595 e. The molecule has 4 heteroatoms. The maximum absolute atomic E-state index is 6.09. The second-order valence-corrected chi connectivity index (χ2v) is 7.18. The molecule has 0 aliphatic carbocycles. The van der Waals surface area contributed by atoms with Crippen LogP contribution < -0.4 is 5.73 Å². The van der Waals surface area contributed by atoms with Gasteiger partial charge in [-0.2, -0.15) is 0 Å². The lowest BCUT2D eigenvalue weighted by Gasteiger charge is -2.32. The predicted octanol–water partition coefficient (Wildman–Crippen LogP) is 4.23. The van der Waals surface area contributed by atoms with E-state index >= 15 is 0 Å².